The van der Waals surface area contributed by atoms with Gasteiger partial charge in [0.25, 0.3) is 0 Å². The van der Waals surface area contributed by atoms with Crippen molar-refractivity contribution >= 4 is 27.3 Å². The molecule has 0 amide bonds. The van der Waals surface area contributed by atoms with E-state index < -0.39 is 0 Å². The van der Waals surface area contributed by atoms with E-state index in [1.807, 2.05) is 6.20 Å². The molecule has 1 N–H and O–H groups in total. The van der Waals surface area contributed by atoms with Gasteiger partial charge in [0.15, 0.2) is 5.78 Å². The third kappa shape index (κ3) is 5.07. The van der Waals surface area contributed by atoms with Crippen LogP contribution in [0.5, 0.6) is 0 Å². The number of nitrogens with zero attached hydrogens (tertiary/aromatic N) is 2. The standard InChI is InChI=1S/C25H23N2.C5H8O2.Ir/c1-24(2,3)20-14-17-10-11-26-22-18-12-15-8-6-7-9-16(15)13-19(18)25(4,5)23(27-20)21(17)22;1-4(6)3-5(2)7;/h6-11,13-14H,1-5H3;3,6H,1-2H3;/q-1;;/b;4-3-;. The van der Waals surface area contributed by atoms with Gasteiger partial charge in [0.1, 0.15) is 0 Å². The van der Waals surface area contributed by atoms with Crippen LogP contribution in [0, 0.1) is 6.07 Å². The molecule has 0 bridgehead atoms. The van der Waals surface area contributed by atoms with E-state index >= 15 is 0 Å². The molecule has 0 spiro atoms. The van der Waals surface area contributed by atoms with E-state index in [0.717, 1.165) is 28.0 Å². The van der Waals surface area contributed by atoms with Crippen molar-refractivity contribution in [2.75, 3.05) is 0 Å². The van der Waals surface area contributed by atoms with Gasteiger partial charge >= 0.3 is 0 Å². The monoisotopic (exact) mass is 644 g/mol. The normalized spacial score (nSPS) is 14.0. The Morgan fingerprint density at radius 1 is 1.06 bits per heavy atom. The van der Waals surface area contributed by atoms with Gasteiger partial charge in [-0.2, -0.15) is 0 Å². The number of aliphatic hydroxyl groups excluding tert-OH is 1. The minimum atomic E-state index is -0.203. The van der Waals surface area contributed by atoms with Crippen LogP contribution in [0.2, 0.25) is 0 Å². The molecule has 0 saturated carbocycles. The summed E-state index contributed by atoms with van der Waals surface area (Å²) in [5.41, 5.74) is 5.43. The summed E-state index contributed by atoms with van der Waals surface area (Å²) >= 11 is 0. The fraction of sp³-hybridized carbons (Fsp3) is 0.300. The molecule has 2 aromatic heterocycles. The average Bonchev–Trinajstić information content (AvgIpc) is 2.75. The third-order valence-corrected chi connectivity index (χ3v) is 6.22. The molecule has 1 radical (unpaired) electrons. The largest absolute Gasteiger partial charge is 0.512 e. The Hall–Kier alpha value is -2.88. The summed E-state index contributed by atoms with van der Waals surface area (Å²) < 4.78 is 0. The van der Waals surface area contributed by atoms with Crippen LogP contribution in [-0.4, -0.2) is 20.9 Å². The molecular weight excluding hydrogens is 613 g/mol. The van der Waals surface area contributed by atoms with Gasteiger partial charge in [0, 0.05) is 60.3 Å². The van der Waals surface area contributed by atoms with Crippen molar-refractivity contribution in [1.29, 1.82) is 0 Å². The number of carbonyl (C=O) groups is 1. The Bertz CT molecular complexity index is 1460. The molecule has 0 unspecified atom stereocenters. The number of aromatic nitrogens is 2. The van der Waals surface area contributed by atoms with Crippen molar-refractivity contribution in [1.82, 2.24) is 9.97 Å². The van der Waals surface area contributed by atoms with Crippen molar-refractivity contribution < 1.29 is 30.0 Å². The van der Waals surface area contributed by atoms with Crippen LogP contribution in [0.25, 0.3) is 32.8 Å². The zero-order valence-electron chi connectivity index (χ0n) is 21.3. The van der Waals surface area contributed by atoms with Gasteiger partial charge in [-0.25, -0.2) is 0 Å². The first-order valence-corrected chi connectivity index (χ1v) is 11.5. The van der Waals surface area contributed by atoms with E-state index in [1.54, 1.807) is 0 Å². The molecule has 0 saturated heterocycles. The average molecular weight is 644 g/mol. The van der Waals surface area contributed by atoms with Crippen LogP contribution < -0.4 is 0 Å². The van der Waals surface area contributed by atoms with Gasteiger partial charge in [0.05, 0.1) is 5.76 Å². The predicted molar refractivity (Wildman–Crippen MR) is 139 cm³/mol. The maximum Gasteiger partial charge on any atom is 0.155 e. The van der Waals surface area contributed by atoms with Crippen molar-refractivity contribution in [2.24, 2.45) is 0 Å². The zero-order chi connectivity index (χ0) is 24.8. The van der Waals surface area contributed by atoms with E-state index in [-0.39, 0.29) is 42.5 Å². The van der Waals surface area contributed by atoms with Gasteiger partial charge in [-0.3, -0.25) is 14.8 Å². The maximum atomic E-state index is 10.0. The van der Waals surface area contributed by atoms with Crippen molar-refractivity contribution in [3.05, 3.63) is 83.5 Å². The summed E-state index contributed by atoms with van der Waals surface area (Å²) in [6, 6.07) is 18.7. The summed E-state index contributed by atoms with van der Waals surface area (Å²) in [6.07, 6.45) is 3.08. The number of hydrogen-bond acceptors (Lipinski definition) is 4. The number of carbonyl (C=O) groups excluding carboxylic acids is 1. The van der Waals surface area contributed by atoms with Gasteiger partial charge < -0.3 is 5.11 Å². The number of hydrogen-bond donors (Lipinski definition) is 1. The summed E-state index contributed by atoms with van der Waals surface area (Å²) in [7, 11) is 0. The first kappa shape index (κ1) is 26.7. The van der Waals surface area contributed by atoms with Crippen molar-refractivity contribution in [3.63, 3.8) is 0 Å². The Balaban J connectivity index is 0.000000378. The smallest absolute Gasteiger partial charge is 0.155 e. The van der Waals surface area contributed by atoms with Crippen LogP contribution in [0.3, 0.4) is 0 Å². The molecule has 183 valence electrons. The molecule has 2 heterocycles. The second kappa shape index (κ2) is 9.64. The summed E-state index contributed by atoms with van der Waals surface area (Å²) in [4.78, 5) is 20.0. The SMILES string of the molecule is CC(=O)/C=C(/C)O.CC(C)(C)c1cc2ccnc3c2c(n1)C(C)(C)c1cc2ccccc2[c-]c1-3.[Ir]. The number of benzene rings is 2. The number of ketones is 1. The molecule has 0 atom stereocenters. The summed E-state index contributed by atoms with van der Waals surface area (Å²) in [5, 5.41) is 13.1. The van der Waals surface area contributed by atoms with Gasteiger partial charge in [-0.05, 0) is 36.8 Å². The molecule has 0 aliphatic heterocycles. The number of rotatable bonds is 1. The second-order valence-electron chi connectivity index (χ2n) is 10.5. The quantitative estimate of drug-likeness (QED) is 0.135. The first-order chi connectivity index (χ1) is 15.9. The Morgan fingerprint density at radius 3 is 2.34 bits per heavy atom. The Morgan fingerprint density at radius 2 is 1.74 bits per heavy atom. The van der Waals surface area contributed by atoms with Crippen LogP contribution in [-0.2, 0) is 35.7 Å². The number of allylic oxidation sites excluding steroid dienone is 2. The zero-order valence-corrected chi connectivity index (χ0v) is 23.7. The van der Waals surface area contributed by atoms with E-state index in [1.165, 1.54) is 41.6 Å². The topological polar surface area (TPSA) is 63.1 Å². The number of aliphatic hydroxyl groups is 1. The van der Waals surface area contributed by atoms with Gasteiger partial charge in [-0.15, -0.1) is 23.6 Å². The minimum absolute atomic E-state index is 0. The molecule has 5 heteroatoms. The fourth-order valence-corrected chi connectivity index (χ4v) is 4.50. The minimum Gasteiger partial charge on any atom is -0.512 e. The van der Waals surface area contributed by atoms with E-state index in [4.69, 9.17) is 15.1 Å². The van der Waals surface area contributed by atoms with Gasteiger partial charge in [0.2, 0.25) is 0 Å². The van der Waals surface area contributed by atoms with E-state index in [9.17, 15) is 4.79 Å². The number of pyridine rings is 2. The maximum absolute atomic E-state index is 10.0. The molecule has 4 aromatic rings. The van der Waals surface area contributed by atoms with Crippen LogP contribution in [0.1, 0.15) is 65.4 Å². The van der Waals surface area contributed by atoms with Crippen LogP contribution in [0.15, 0.2) is 60.5 Å². The molecule has 2 aromatic carbocycles. The molecule has 4 nitrogen and oxygen atoms in total. The first-order valence-electron chi connectivity index (χ1n) is 11.5. The van der Waals surface area contributed by atoms with E-state index in [0.29, 0.717) is 0 Å². The third-order valence-electron chi connectivity index (χ3n) is 6.22. The van der Waals surface area contributed by atoms with Crippen molar-refractivity contribution in [3.8, 4) is 11.3 Å². The number of fused-ring (bicyclic) bond motifs is 3. The molecule has 0 fully saturated rings. The van der Waals surface area contributed by atoms with Gasteiger partial charge in [-0.1, -0.05) is 69.3 Å². The molecule has 1 aliphatic rings. The van der Waals surface area contributed by atoms with Crippen LogP contribution >= 0.6 is 0 Å². The fourth-order valence-electron chi connectivity index (χ4n) is 4.50. The Labute approximate surface area is 220 Å². The molecule has 5 rings (SSSR count). The van der Waals surface area contributed by atoms with Crippen molar-refractivity contribution in [2.45, 2.75) is 59.3 Å². The summed E-state index contributed by atoms with van der Waals surface area (Å²) in [6.45, 7) is 14.1. The summed E-state index contributed by atoms with van der Waals surface area (Å²) in [5.74, 6) is -0.0625. The predicted octanol–water partition coefficient (Wildman–Crippen LogP) is 7.22. The Kier molecular flexibility index (Phi) is 7.36. The van der Waals surface area contributed by atoms with Crippen LogP contribution in [0.4, 0.5) is 0 Å². The van der Waals surface area contributed by atoms with E-state index in [2.05, 4.69) is 83.1 Å². The molecule has 1 aliphatic carbocycles. The molecule has 35 heavy (non-hydrogen) atoms. The molecular formula is C30H31IrN2O2-. The second-order valence-corrected chi connectivity index (χ2v) is 10.5.